The molecule has 3 nitrogen and oxygen atoms in total. The fraction of sp³-hybridized carbons (Fsp3) is 0.762. The van der Waals surface area contributed by atoms with Crippen LogP contribution >= 0.6 is 0 Å². The van der Waals surface area contributed by atoms with Gasteiger partial charge in [0.2, 0.25) is 0 Å². The minimum absolute atomic E-state index is 0.397. The van der Waals surface area contributed by atoms with E-state index < -0.39 is 5.60 Å². The van der Waals surface area contributed by atoms with E-state index in [4.69, 9.17) is 15.9 Å². The zero-order valence-electron chi connectivity index (χ0n) is 33.9. The second-order valence-corrected chi connectivity index (χ2v) is 17.3. The Balaban J connectivity index is -0.000000294. The van der Waals surface area contributed by atoms with E-state index in [1.165, 1.54) is 22.3 Å². The lowest BCUT2D eigenvalue weighted by Crippen LogP contribution is -2.10. The van der Waals surface area contributed by atoms with Gasteiger partial charge in [-0.05, 0) is 143 Å². The fourth-order valence-corrected chi connectivity index (χ4v) is 3.23. The molecule has 0 unspecified atom stereocenters. The molecule has 0 heterocycles. The van der Waals surface area contributed by atoms with Crippen LogP contribution in [0.2, 0.25) is 0 Å². The molecule has 0 saturated heterocycles. The predicted octanol–water partition coefficient (Wildman–Crippen LogP) is 14.3. The molecule has 45 heavy (non-hydrogen) atoms. The maximum Gasteiger partial charge on any atom is 0.0563 e. The lowest BCUT2D eigenvalue weighted by Gasteiger charge is -2.15. The minimum atomic E-state index is -0.500. The van der Waals surface area contributed by atoms with Gasteiger partial charge in [-0.25, -0.2) is 0 Å². The van der Waals surface area contributed by atoms with Crippen LogP contribution in [-0.4, -0.2) is 22.1 Å². The number of allylic oxidation sites excluding steroid dienone is 8. The van der Waals surface area contributed by atoms with Gasteiger partial charge in [0.25, 0.3) is 0 Å². The zero-order valence-corrected chi connectivity index (χ0v) is 33.9. The molecule has 0 aromatic heterocycles. The highest BCUT2D eigenvalue weighted by Gasteiger charge is 2.08. The quantitative estimate of drug-likeness (QED) is 0.130. The van der Waals surface area contributed by atoms with Gasteiger partial charge in [-0.1, -0.05) is 109 Å². The highest BCUT2D eigenvalue weighted by atomic mass is 16.3. The summed E-state index contributed by atoms with van der Waals surface area (Å²) in [5.41, 5.74) is 7.70. The van der Waals surface area contributed by atoms with Gasteiger partial charge in [0, 0.05) is 11.4 Å². The highest BCUT2D eigenvalue weighted by Crippen LogP contribution is 2.22. The molecule has 0 saturated carbocycles. The zero-order chi connectivity index (χ0) is 36.4. The lowest BCUT2D eigenvalue weighted by molar-refractivity contribution is 0.102. The summed E-state index contributed by atoms with van der Waals surface area (Å²) in [7, 11) is 0. The Morgan fingerprint density at radius 2 is 0.711 bits per heavy atom. The Hall–Kier alpha value is -1.74. The third kappa shape index (κ3) is 65.8. The molecule has 0 radical (unpaired) electrons. The van der Waals surface area contributed by atoms with Crippen LogP contribution in [0.4, 0.5) is 0 Å². The van der Waals surface area contributed by atoms with E-state index in [1.807, 2.05) is 13.8 Å². The van der Waals surface area contributed by atoms with Crippen LogP contribution in [0.3, 0.4) is 0 Å². The van der Waals surface area contributed by atoms with Gasteiger partial charge in [0.1, 0.15) is 0 Å². The Morgan fingerprint density at radius 3 is 0.911 bits per heavy atom. The molecule has 0 aromatic rings. The van der Waals surface area contributed by atoms with Crippen LogP contribution in [0.15, 0.2) is 46.6 Å². The average molecular weight is 631 g/mol. The summed E-state index contributed by atoms with van der Waals surface area (Å²) in [5.74, 6) is 0.833. The first-order valence-electron chi connectivity index (χ1n) is 17.6. The van der Waals surface area contributed by atoms with Crippen molar-refractivity contribution in [3.63, 3.8) is 0 Å². The molecular formula is C42H82N2O. The van der Waals surface area contributed by atoms with Gasteiger partial charge < -0.3 is 15.9 Å². The highest BCUT2D eigenvalue weighted by molar-refractivity contribution is 5.79. The first-order valence-corrected chi connectivity index (χ1v) is 17.6. The van der Waals surface area contributed by atoms with E-state index in [-0.39, 0.29) is 0 Å². The van der Waals surface area contributed by atoms with Crippen LogP contribution in [0, 0.1) is 27.6 Å². The van der Waals surface area contributed by atoms with Gasteiger partial charge in [-0.15, -0.1) is 0 Å². The standard InChI is InChI=1S/2C17H31N.C4H10O.C4H10/c2*1-14(10-11-16(3)18)8-7-9-15(2)12-13-17(4,5)6;1-4(2,3)5;1-4(2)3/h2*8,12,18H,7,9-11,13H2,1-6H3;5H,1-3H3;4H,1-3H3/b2*14-8+,15-12+,18-16?;;. The van der Waals surface area contributed by atoms with Gasteiger partial charge in [-0.3, -0.25) is 0 Å². The molecule has 0 aromatic carbocycles. The van der Waals surface area contributed by atoms with Crippen LogP contribution < -0.4 is 0 Å². The monoisotopic (exact) mass is 631 g/mol. The molecule has 0 aliphatic heterocycles. The van der Waals surface area contributed by atoms with Crippen molar-refractivity contribution in [2.24, 2.45) is 16.7 Å². The van der Waals surface area contributed by atoms with Crippen LogP contribution in [0.25, 0.3) is 0 Å². The summed E-state index contributed by atoms with van der Waals surface area (Å²) in [5, 5.41) is 23.3. The van der Waals surface area contributed by atoms with Crippen molar-refractivity contribution in [2.45, 2.75) is 194 Å². The molecular weight excluding hydrogens is 548 g/mol. The molecule has 0 amide bonds. The maximum atomic E-state index is 8.52. The van der Waals surface area contributed by atoms with Gasteiger partial charge in [0.15, 0.2) is 0 Å². The number of hydrogen-bond acceptors (Lipinski definition) is 3. The van der Waals surface area contributed by atoms with E-state index in [1.54, 1.807) is 20.8 Å². The van der Waals surface area contributed by atoms with Crippen molar-refractivity contribution in [3.05, 3.63) is 46.6 Å². The van der Waals surface area contributed by atoms with Crippen molar-refractivity contribution < 1.29 is 5.11 Å². The van der Waals surface area contributed by atoms with E-state index >= 15 is 0 Å². The Bertz CT molecular complexity index is 816. The molecule has 0 aliphatic rings. The van der Waals surface area contributed by atoms with E-state index in [2.05, 4.69) is 114 Å². The molecule has 3 heteroatoms. The minimum Gasteiger partial charge on any atom is -0.391 e. The number of hydrogen-bond donors (Lipinski definition) is 3. The van der Waals surface area contributed by atoms with Gasteiger partial charge in [-0.2, -0.15) is 0 Å². The largest absolute Gasteiger partial charge is 0.391 e. The van der Waals surface area contributed by atoms with Crippen molar-refractivity contribution in [2.75, 3.05) is 0 Å². The first-order chi connectivity index (χ1) is 20.1. The first kappa shape index (κ1) is 50.1. The summed E-state index contributed by atoms with van der Waals surface area (Å²) < 4.78 is 0. The van der Waals surface area contributed by atoms with Crippen molar-refractivity contribution in [3.8, 4) is 0 Å². The van der Waals surface area contributed by atoms with E-state index in [0.29, 0.717) is 10.8 Å². The number of rotatable bonds is 14. The maximum absolute atomic E-state index is 8.52. The number of nitrogens with one attached hydrogen (secondary N) is 2. The molecule has 0 bridgehead atoms. The second-order valence-electron chi connectivity index (χ2n) is 17.3. The lowest BCUT2D eigenvalue weighted by atomic mass is 9.91. The summed E-state index contributed by atoms with van der Waals surface area (Å²) in [6.45, 7) is 38.0. The van der Waals surface area contributed by atoms with Crippen molar-refractivity contribution >= 4 is 11.4 Å². The normalized spacial score (nSPS) is 13.2. The predicted molar refractivity (Wildman–Crippen MR) is 209 cm³/mol. The molecule has 0 atom stereocenters. The van der Waals surface area contributed by atoms with Crippen LogP contribution in [-0.2, 0) is 0 Å². The molecule has 3 N–H and O–H groups in total. The van der Waals surface area contributed by atoms with E-state index in [9.17, 15) is 0 Å². The third-order valence-corrected chi connectivity index (χ3v) is 5.98. The fourth-order valence-electron chi connectivity index (χ4n) is 3.23. The molecule has 0 rings (SSSR count). The Morgan fingerprint density at radius 1 is 0.489 bits per heavy atom. The Kier molecular flexibility index (Phi) is 30.5. The summed E-state index contributed by atoms with van der Waals surface area (Å²) in [4.78, 5) is 0. The summed E-state index contributed by atoms with van der Waals surface area (Å²) >= 11 is 0. The van der Waals surface area contributed by atoms with E-state index in [0.717, 1.165) is 81.5 Å². The molecule has 0 spiro atoms. The Labute approximate surface area is 284 Å². The van der Waals surface area contributed by atoms with Gasteiger partial charge in [0.05, 0.1) is 5.60 Å². The third-order valence-electron chi connectivity index (χ3n) is 5.98. The summed E-state index contributed by atoms with van der Waals surface area (Å²) in [6.07, 6.45) is 20.2. The number of aliphatic hydroxyl groups is 1. The molecule has 0 aliphatic carbocycles. The molecule has 0 fully saturated rings. The summed E-state index contributed by atoms with van der Waals surface area (Å²) in [6, 6.07) is 0. The smallest absolute Gasteiger partial charge is 0.0563 e. The van der Waals surface area contributed by atoms with Crippen LogP contribution in [0.5, 0.6) is 0 Å². The SMILES string of the molecule is CC(=N)CC/C(C)=C/CC/C(C)=C/CC(C)(C)C.CC(=N)CC/C(C)=C/CC/C(C)=C/CC(C)(C)C.CC(C)(C)O.CC(C)C. The molecule has 266 valence electrons. The van der Waals surface area contributed by atoms with Gasteiger partial charge >= 0.3 is 0 Å². The second kappa shape index (κ2) is 27.4. The van der Waals surface area contributed by atoms with Crippen molar-refractivity contribution in [1.29, 1.82) is 10.8 Å². The van der Waals surface area contributed by atoms with Crippen molar-refractivity contribution in [1.82, 2.24) is 0 Å². The average Bonchev–Trinajstić information content (AvgIpc) is 2.82. The topological polar surface area (TPSA) is 67.9 Å². The van der Waals surface area contributed by atoms with Crippen LogP contribution in [0.1, 0.15) is 189 Å².